The molecule has 20 heavy (non-hydrogen) atoms. The van der Waals surface area contributed by atoms with Gasteiger partial charge in [-0.25, -0.2) is 4.99 Å². The minimum Gasteiger partial charge on any atom is -0.357 e. The van der Waals surface area contributed by atoms with Crippen LogP contribution in [0.5, 0.6) is 0 Å². The van der Waals surface area contributed by atoms with E-state index in [0.29, 0.717) is 6.54 Å². The number of nitrogens with zero attached hydrogens (tertiary/aromatic N) is 1. The molecule has 0 fully saturated rings. The van der Waals surface area contributed by atoms with E-state index in [2.05, 4.69) is 52.2 Å². The molecule has 0 spiro atoms. The Kier molecular flexibility index (Phi) is 8.29. The molecule has 0 saturated carbocycles. The summed E-state index contributed by atoms with van der Waals surface area (Å²) in [6.07, 6.45) is 0. The highest BCUT2D eigenvalue weighted by Crippen LogP contribution is 2.07. The zero-order valence-corrected chi connectivity index (χ0v) is 14.7. The van der Waals surface area contributed by atoms with Crippen molar-refractivity contribution < 1.29 is 0 Å². The predicted molar refractivity (Wildman–Crippen MR) is 97.8 cm³/mol. The van der Waals surface area contributed by atoms with Crippen LogP contribution < -0.4 is 10.6 Å². The fourth-order valence-electron chi connectivity index (χ4n) is 1.68. The molecule has 0 aliphatic heterocycles. The van der Waals surface area contributed by atoms with Crippen LogP contribution in [0.15, 0.2) is 52.8 Å². The number of halogens is 1. The number of benzene rings is 1. The van der Waals surface area contributed by atoms with Gasteiger partial charge in [0.25, 0.3) is 0 Å². The van der Waals surface area contributed by atoms with Gasteiger partial charge in [0.15, 0.2) is 5.96 Å². The average molecular weight is 401 g/mol. The summed E-state index contributed by atoms with van der Waals surface area (Å²) < 4.78 is 0. The minimum atomic E-state index is 0. The summed E-state index contributed by atoms with van der Waals surface area (Å²) in [4.78, 5) is 5.89. The molecule has 0 atom stereocenters. The van der Waals surface area contributed by atoms with Gasteiger partial charge >= 0.3 is 0 Å². The molecule has 0 aliphatic carbocycles. The summed E-state index contributed by atoms with van der Waals surface area (Å²) in [7, 11) is 0. The Morgan fingerprint density at radius 1 is 1.10 bits per heavy atom. The molecule has 1 aromatic carbocycles. The highest BCUT2D eigenvalue weighted by atomic mass is 127. The summed E-state index contributed by atoms with van der Waals surface area (Å²) in [5, 5.41) is 8.69. The SMILES string of the molecule is CCNC(=NCc1ccccc1)NCc1cccs1.I. The van der Waals surface area contributed by atoms with E-state index in [1.807, 2.05) is 18.2 Å². The van der Waals surface area contributed by atoms with Crippen LogP contribution in [0.2, 0.25) is 0 Å². The molecule has 5 heteroatoms. The van der Waals surface area contributed by atoms with Crippen LogP contribution in [-0.4, -0.2) is 12.5 Å². The molecule has 0 bridgehead atoms. The number of rotatable bonds is 5. The average Bonchev–Trinajstić information content (AvgIpc) is 2.96. The van der Waals surface area contributed by atoms with Gasteiger partial charge in [-0.1, -0.05) is 36.4 Å². The zero-order chi connectivity index (χ0) is 13.3. The molecule has 1 aromatic heterocycles. The summed E-state index contributed by atoms with van der Waals surface area (Å²) in [5.41, 5.74) is 1.22. The van der Waals surface area contributed by atoms with Gasteiger partial charge in [-0.2, -0.15) is 0 Å². The third kappa shape index (κ3) is 5.92. The second kappa shape index (κ2) is 9.77. The first-order chi connectivity index (χ1) is 9.38. The van der Waals surface area contributed by atoms with Crippen molar-refractivity contribution in [2.75, 3.05) is 6.54 Å². The zero-order valence-electron chi connectivity index (χ0n) is 11.5. The van der Waals surface area contributed by atoms with Crippen molar-refractivity contribution in [2.45, 2.75) is 20.0 Å². The van der Waals surface area contributed by atoms with E-state index >= 15 is 0 Å². The molecule has 0 unspecified atom stereocenters. The van der Waals surface area contributed by atoms with Crippen molar-refractivity contribution in [3.05, 3.63) is 58.3 Å². The highest BCUT2D eigenvalue weighted by Gasteiger charge is 1.98. The van der Waals surface area contributed by atoms with E-state index in [9.17, 15) is 0 Å². The molecule has 0 amide bonds. The molecular formula is C15H20IN3S. The molecule has 2 N–H and O–H groups in total. The quantitative estimate of drug-likeness (QED) is 0.456. The van der Waals surface area contributed by atoms with E-state index in [1.165, 1.54) is 10.4 Å². The van der Waals surface area contributed by atoms with Crippen LogP contribution in [0, 0.1) is 0 Å². The van der Waals surface area contributed by atoms with Gasteiger partial charge in [0.05, 0.1) is 13.1 Å². The van der Waals surface area contributed by atoms with Gasteiger partial charge in [0, 0.05) is 11.4 Å². The standard InChI is InChI=1S/C15H19N3S.HI/c1-2-16-15(18-12-14-9-6-10-19-14)17-11-13-7-4-3-5-8-13;/h3-10H,2,11-12H2,1H3,(H2,16,17,18);1H. The largest absolute Gasteiger partial charge is 0.357 e. The lowest BCUT2D eigenvalue weighted by Gasteiger charge is -2.10. The molecule has 0 aliphatic rings. The Morgan fingerprint density at radius 2 is 1.90 bits per heavy atom. The molecule has 1 heterocycles. The molecule has 2 aromatic rings. The lowest BCUT2D eigenvalue weighted by atomic mass is 10.2. The summed E-state index contributed by atoms with van der Waals surface area (Å²) >= 11 is 1.75. The second-order valence-electron chi connectivity index (χ2n) is 4.11. The molecule has 2 rings (SSSR count). The fourth-order valence-corrected chi connectivity index (χ4v) is 2.32. The summed E-state index contributed by atoms with van der Waals surface area (Å²) in [6.45, 7) is 4.45. The second-order valence-corrected chi connectivity index (χ2v) is 5.15. The lowest BCUT2D eigenvalue weighted by Crippen LogP contribution is -2.36. The smallest absolute Gasteiger partial charge is 0.191 e. The number of nitrogens with one attached hydrogen (secondary N) is 2. The fraction of sp³-hybridized carbons (Fsp3) is 0.267. The van der Waals surface area contributed by atoms with Crippen molar-refractivity contribution in [3.63, 3.8) is 0 Å². The van der Waals surface area contributed by atoms with Crippen LogP contribution in [0.4, 0.5) is 0 Å². The van der Waals surface area contributed by atoms with Crippen LogP contribution in [0.3, 0.4) is 0 Å². The van der Waals surface area contributed by atoms with Gasteiger partial charge in [0.1, 0.15) is 0 Å². The van der Waals surface area contributed by atoms with Crippen molar-refractivity contribution in [1.29, 1.82) is 0 Å². The number of thiophene rings is 1. The Hall–Kier alpha value is -1.08. The van der Waals surface area contributed by atoms with Gasteiger partial charge in [-0.15, -0.1) is 35.3 Å². The first kappa shape index (κ1) is 17.0. The molecule has 3 nitrogen and oxygen atoms in total. The van der Waals surface area contributed by atoms with Crippen molar-refractivity contribution in [2.24, 2.45) is 4.99 Å². The van der Waals surface area contributed by atoms with Gasteiger partial charge in [-0.05, 0) is 23.9 Å². The van der Waals surface area contributed by atoms with Crippen LogP contribution in [0.25, 0.3) is 0 Å². The lowest BCUT2D eigenvalue weighted by molar-refractivity contribution is 0.823. The van der Waals surface area contributed by atoms with E-state index in [-0.39, 0.29) is 24.0 Å². The molecule has 108 valence electrons. The van der Waals surface area contributed by atoms with Crippen LogP contribution >= 0.6 is 35.3 Å². The first-order valence-corrected chi connectivity index (χ1v) is 7.35. The van der Waals surface area contributed by atoms with E-state index < -0.39 is 0 Å². The normalized spacial score (nSPS) is 10.8. The number of hydrogen-bond acceptors (Lipinski definition) is 2. The van der Waals surface area contributed by atoms with Crippen LogP contribution in [0.1, 0.15) is 17.4 Å². The summed E-state index contributed by atoms with van der Waals surface area (Å²) in [5.74, 6) is 0.861. The maximum atomic E-state index is 4.58. The van der Waals surface area contributed by atoms with Crippen molar-refractivity contribution in [1.82, 2.24) is 10.6 Å². The van der Waals surface area contributed by atoms with E-state index in [1.54, 1.807) is 11.3 Å². The van der Waals surface area contributed by atoms with E-state index in [4.69, 9.17) is 0 Å². The summed E-state index contributed by atoms with van der Waals surface area (Å²) in [6, 6.07) is 14.5. The van der Waals surface area contributed by atoms with Crippen molar-refractivity contribution in [3.8, 4) is 0 Å². The highest BCUT2D eigenvalue weighted by molar-refractivity contribution is 14.0. The van der Waals surface area contributed by atoms with Gasteiger partial charge in [0.2, 0.25) is 0 Å². The molecular weight excluding hydrogens is 381 g/mol. The Morgan fingerprint density at radius 3 is 2.55 bits per heavy atom. The number of hydrogen-bond donors (Lipinski definition) is 2. The monoisotopic (exact) mass is 401 g/mol. The minimum absolute atomic E-state index is 0. The van der Waals surface area contributed by atoms with Crippen molar-refractivity contribution >= 4 is 41.3 Å². The third-order valence-corrected chi connectivity index (χ3v) is 3.49. The van der Waals surface area contributed by atoms with Crippen LogP contribution in [-0.2, 0) is 13.1 Å². The molecule has 0 saturated heterocycles. The predicted octanol–water partition coefficient (Wildman–Crippen LogP) is 3.62. The Labute approximate surface area is 141 Å². The first-order valence-electron chi connectivity index (χ1n) is 6.47. The van der Waals surface area contributed by atoms with Gasteiger partial charge < -0.3 is 10.6 Å². The number of aliphatic imine (C=N–C) groups is 1. The Balaban J connectivity index is 0.00000200. The number of guanidine groups is 1. The molecule has 0 radical (unpaired) electrons. The maximum Gasteiger partial charge on any atom is 0.191 e. The topological polar surface area (TPSA) is 36.4 Å². The van der Waals surface area contributed by atoms with E-state index in [0.717, 1.165) is 19.0 Å². The maximum absolute atomic E-state index is 4.58. The Bertz CT molecular complexity index is 497. The third-order valence-electron chi connectivity index (χ3n) is 2.62. The van der Waals surface area contributed by atoms with Gasteiger partial charge in [-0.3, -0.25) is 0 Å².